The van der Waals surface area contributed by atoms with Gasteiger partial charge in [0, 0.05) is 16.6 Å². The minimum Gasteiger partial charge on any atom is -0.495 e. The van der Waals surface area contributed by atoms with Gasteiger partial charge in [-0.25, -0.2) is 8.42 Å². The molecule has 0 aliphatic rings. The second-order valence-corrected chi connectivity index (χ2v) is 8.73. The molecule has 0 aliphatic heterocycles. The number of hydrogen-bond donors (Lipinski definition) is 2. The smallest absolute Gasteiger partial charge is 0.270 e. The van der Waals surface area contributed by atoms with Gasteiger partial charge < -0.3 is 4.74 Å². The number of hydrazone groups is 1. The Bertz CT molecular complexity index is 1230. The van der Waals surface area contributed by atoms with Crippen molar-refractivity contribution in [3.8, 4) is 5.75 Å². The molecule has 3 aromatic carbocycles. The zero-order chi connectivity index (χ0) is 22.4. The Balaban J connectivity index is 1.95. The van der Waals surface area contributed by atoms with E-state index in [-0.39, 0.29) is 22.0 Å². The van der Waals surface area contributed by atoms with Gasteiger partial charge >= 0.3 is 0 Å². The third kappa shape index (κ3) is 5.58. The lowest BCUT2D eigenvalue weighted by molar-refractivity contribution is -0.385. The predicted octanol–water partition coefficient (Wildman–Crippen LogP) is 4.61. The molecule has 0 spiro atoms. The molecule has 3 rings (SSSR count). The van der Waals surface area contributed by atoms with Crippen molar-refractivity contribution >= 4 is 49.2 Å². The normalized spacial score (nSPS) is 11.3. The van der Waals surface area contributed by atoms with Crippen LogP contribution in [0.3, 0.4) is 0 Å². The van der Waals surface area contributed by atoms with Crippen LogP contribution in [0.4, 0.5) is 17.1 Å². The van der Waals surface area contributed by atoms with Gasteiger partial charge in [-0.3, -0.25) is 20.3 Å². The third-order valence-corrected chi connectivity index (χ3v) is 6.02. The number of nitro benzene ring substituents is 1. The number of anilines is 2. The highest BCUT2D eigenvalue weighted by Crippen LogP contribution is 2.31. The fourth-order valence-corrected chi connectivity index (χ4v) is 4.10. The molecule has 9 nitrogen and oxygen atoms in total. The number of hydrogen-bond acceptors (Lipinski definition) is 7. The highest BCUT2D eigenvalue weighted by Gasteiger charge is 2.23. The minimum atomic E-state index is -4.21. The highest BCUT2D eigenvalue weighted by atomic mass is 79.9. The summed E-state index contributed by atoms with van der Waals surface area (Å²) >= 11 is 3.34. The Hall–Kier alpha value is -3.44. The van der Waals surface area contributed by atoms with Crippen molar-refractivity contribution in [1.29, 1.82) is 0 Å². The summed E-state index contributed by atoms with van der Waals surface area (Å²) in [6.45, 7) is 0. The number of para-hydroxylation sites is 2. The summed E-state index contributed by atoms with van der Waals surface area (Å²) in [5.41, 5.74) is 3.31. The first-order chi connectivity index (χ1) is 14.8. The van der Waals surface area contributed by atoms with Crippen LogP contribution >= 0.6 is 15.9 Å². The standard InChI is InChI=1S/C20H17BrN4O5S/c1-30-19-5-3-2-4-17(19)24-31(28,29)20-12-16(25(26)27)10-11-18(20)23-22-13-14-6-8-15(21)9-7-14/h2-13,23-24H,1H3/b22-13-. The van der Waals surface area contributed by atoms with Gasteiger partial charge in [0.05, 0.1) is 29.6 Å². The van der Waals surface area contributed by atoms with E-state index in [9.17, 15) is 18.5 Å². The number of halogens is 1. The van der Waals surface area contributed by atoms with Gasteiger partial charge in [0.2, 0.25) is 0 Å². The van der Waals surface area contributed by atoms with Gasteiger partial charge in [0.1, 0.15) is 10.6 Å². The van der Waals surface area contributed by atoms with Crippen molar-refractivity contribution in [3.63, 3.8) is 0 Å². The average Bonchev–Trinajstić information content (AvgIpc) is 2.75. The molecule has 0 radical (unpaired) electrons. The zero-order valence-electron chi connectivity index (χ0n) is 16.2. The number of benzene rings is 3. The summed E-state index contributed by atoms with van der Waals surface area (Å²) in [6.07, 6.45) is 1.50. The summed E-state index contributed by atoms with van der Waals surface area (Å²) in [7, 11) is -2.80. The van der Waals surface area contributed by atoms with E-state index in [1.165, 1.54) is 31.5 Å². The summed E-state index contributed by atoms with van der Waals surface area (Å²) in [5, 5.41) is 15.2. The third-order valence-electron chi connectivity index (χ3n) is 4.09. The fourth-order valence-electron chi connectivity index (χ4n) is 2.59. The molecule has 0 amide bonds. The van der Waals surface area contributed by atoms with E-state index in [0.29, 0.717) is 5.75 Å². The highest BCUT2D eigenvalue weighted by molar-refractivity contribution is 9.10. The lowest BCUT2D eigenvalue weighted by Crippen LogP contribution is -2.15. The molecule has 0 atom stereocenters. The maximum atomic E-state index is 13.0. The maximum absolute atomic E-state index is 13.0. The fraction of sp³-hybridized carbons (Fsp3) is 0.0500. The molecule has 3 aromatic rings. The quantitative estimate of drug-likeness (QED) is 0.262. The SMILES string of the molecule is COc1ccccc1NS(=O)(=O)c1cc([N+](=O)[O-])ccc1N/N=C\c1ccc(Br)cc1. The van der Waals surface area contributed by atoms with Crippen LogP contribution in [0.25, 0.3) is 0 Å². The zero-order valence-corrected chi connectivity index (χ0v) is 18.6. The summed E-state index contributed by atoms with van der Waals surface area (Å²) < 4.78 is 34.6. The van der Waals surface area contributed by atoms with Crippen LogP contribution in [-0.2, 0) is 10.0 Å². The molecule has 0 saturated carbocycles. The number of nitro groups is 1. The largest absolute Gasteiger partial charge is 0.495 e. The number of methoxy groups -OCH3 is 1. The first-order valence-corrected chi connectivity index (χ1v) is 11.1. The molecule has 0 aliphatic carbocycles. The predicted molar refractivity (Wildman–Crippen MR) is 122 cm³/mol. The first-order valence-electron chi connectivity index (χ1n) is 8.79. The van der Waals surface area contributed by atoms with Crippen LogP contribution in [0.5, 0.6) is 5.75 Å². The van der Waals surface area contributed by atoms with E-state index in [1.54, 1.807) is 18.2 Å². The Kier molecular flexibility index (Phi) is 6.88. The van der Waals surface area contributed by atoms with E-state index < -0.39 is 14.9 Å². The van der Waals surface area contributed by atoms with Crippen LogP contribution in [-0.4, -0.2) is 26.7 Å². The van der Waals surface area contributed by atoms with E-state index in [2.05, 4.69) is 31.2 Å². The number of ether oxygens (including phenoxy) is 1. The number of non-ortho nitro benzene ring substituents is 1. The Labute approximate surface area is 187 Å². The lowest BCUT2D eigenvalue weighted by Gasteiger charge is -2.14. The second-order valence-electron chi connectivity index (χ2n) is 6.16. The van der Waals surface area contributed by atoms with Crippen molar-refractivity contribution in [2.45, 2.75) is 4.90 Å². The minimum absolute atomic E-state index is 0.0707. The Morgan fingerprint density at radius 3 is 2.45 bits per heavy atom. The molecule has 0 fully saturated rings. The molecule has 0 saturated heterocycles. The van der Waals surface area contributed by atoms with Crippen molar-refractivity contribution in [2.24, 2.45) is 5.10 Å². The molecule has 160 valence electrons. The summed E-state index contributed by atoms with van der Waals surface area (Å²) in [4.78, 5) is 10.2. The molecule has 2 N–H and O–H groups in total. The van der Waals surface area contributed by atoms with Crippen LogP contribution < -0.4 is 14.9 Å². The van der Waals surface area contributed by atoms with Crippen molar-refractivity contribution in [2.75, 3.05) is 17.3 Å². The van der Waals surface area contributed by atoms with E-state index >= 15 is 0 Å². The monoisotopic (exact) mass is 504 g/mol. The van der Waals surface area contributed by atoms with E-state index in [1.807, 2.05) is 24.3 Å². The van der Waals surface area contributed by atoms with Gasteiger partial charge in [-0.15, -0.1) is 0 Å². The van der Waals surface area contributed by atoms with Crippen LogP contribution in [0, 0.1) is 10.1 Å². The van der Waals surface area contributed by atoms with E-state index in [0.717, 1.165) is 16.1 Å². The van der Waals surface area contributed by atoms with Crippen molar-refractivity contribution < 1.29 is 18.1 Å². The van der Waals surface area contributed by atoms with Crippen LogP contribution in [0.2, 0.25) is 0 Å². The number of nitrogens with one attached hydrogen (secondary N) is 2. The number of rotatable bonds is 8. The average molecular weight is 505 g/mol. The molecular formula is C20H17BrN4O5S. The lowest BCUT2D eigenvalue weighted by atomic mass is 10.2. The molecule has 0 unspecified atom stereocenters. The van der Waals surface area contributed by atoms with Crippen molar-refractivity contribution in [3.05, 3.63) is 86.9 Å². The second kappa shape index (κ2) is 9.58. The summed E-state index contributed by atoms with van der Waals surface area (Å²) in [5.74, 6) is 0.305. The number of sulfonamides is 1. The summed E-state index contributed by atoms with van der Waals surface area (Å²) in [6, 6.07) is 17.2. The van der Waals surface area contributed by atoms with Gasteiger partial charge in [-0.1, -0.05) is 40.2 Å². The van der Waals surface area contributed by atoms with Gasteiger partial charge in [0.15, 0.2) is 0 Å². The maximum Gasteiger partial charge on any atom is 0.270 e. The first kappa shape index (κ1) is 22.2. The van der Waals surface area contributed by atoms with Crippen LogP contribution in [0.15, 0.2) is 81.2 Å². The van der Waals surface area contributed by atoms with Gasteiger partial charge in [-0.2, -0.15) is 5.10 Å². The van der Waals surface area contributed by atoms with E-state index in [4.69, 9.17) is 4.74 Å². The van der Waals surface area contributed by atoms with Gasteiger partial charge in [-0.05, 0) is 35.9 Å². The molecule has 0 heterocycles. The molecule has 31 heavy (non-hydrogen) atoms. The number of nitrogens with zero attached hydrogens (tertiary/aromatic N) is 2. The molecule has 0 bridgehead atoms. The van der Waals surface area contributed by atoms with Crippen LogP contribution in [0.1, 0.15) is 5.56 Å². The Morgan fingerprint density at radius 1 is 1.06 bits per heavy atom. The van der Waals surface area contributed by atoms with Gasteiger partial charge in [0.25, 0.3) is 15.7 Å². The molecular weight excluding hydrogens is 488 g/mol. The Morgan fingerprint density at radius 2 is 1.77 bits per heavy atom. The topological polar surface area (TPSA) is 123 Å². The molecule has 0 aromatic heterocycles. The molecule has 11 heteroatoms. The van der Waals surface area contributed by atoms with Crippen molar-refractivity contribution in [1.82, 2.24) is 0 Å².